The average molecular weight is 316 g/mol. The molecule has 3 rings (SSSR count). The summed E-state index contributed by atoms with van der Waals surface area (Å²) in [4.78, 5) is 20.3. The van der Waals surface area contributed by atoms with Gasteiger partial charge in [0, 0.05) is 22.1 Å². The molecule has 116 valence electrons. The van der Waals surface area contributed by atoms with Crippen molar-refractivity contribution in [3.05, 3.63) is 52.0 Å². The van der Waals surface area contributed by atoms with Gasteiger partial charge >= 0.3 is 5.97 Å². The first-order valence-corrected chi connectivity index (χ1v) is 8.40. The van der Waals surface area contributed by atoms with E-state index in [0.29, 0.717) is 0 Å². The van der Waals surface area contributed by atoms with Crippen molar-refractivity contribution in [2.24, 2.45) is 5.92 Å². The molecule has 5 heteroatoms. The number of hydrogen-bond donors (Lipinski definition) is 1. The second-order valence-electron chi connectivity index (χ2n) is 5.78. The van der Waals surface area contributed by atoms with E-state index in [1.807, 2.05) is 23.7 Å². The Balaban J connectivity index is 1.85. The number of rotatable bonds is 4. The molecule has 3 heterocycles. The SMILES string of the molecule is Cc1ccc(C(c2ccncc2)N2CCC(C(=O)O)CC2)s1. The fourth-order valence-corrected chi connectivity index (χ4v) is 4.15. The standard InChI is InChI=1S/C17H20N2O2S/c1-12-2-3-15(22-12)16(13-4-8-18-9-5-13)19-10-6-14(7-11-19)17(20)21/h2-5,8-9,14,16H,6-7,10-11H2,1H3,(H,20,21). The molecule has 2 aromatic heterocycles. The number of carbonyl (C=O) groups is 1. The van der Waals surface area contributed by atoms with Gasteiger partial charge in [-0.2, -0.15) is 0 Å². The molecule has 22 heavy (non-hydrogen) atoms. The highest BCUT2D eigenvalue weighted by atomic mass is 32.1. The molecule has 1 atom stereocenters. The number of carboxylic acids is 1. The zero-order valence-electron chi connectivity index (χ0n) is 12.6. The van der Waals surface area contributed by atoms with E-state index in [4.69, 9.17) is 0 Å². The Morgan fingerprint density at radius 3 is 2.50 bits per heavy atom. The highest BCUT2D eigenvalue weighted by Crippen LogP contribution is 2.35. The van der Waals surface area contributed by atoms with E-state index < -0.39 is 5.97 Å². The maximum Gasteiger partial charge on any atom is 0.306 e. The number of pyridine rings is 1. The van der Waals surface area contributed by atoms with Crippen molar-refractivity contribution >= 4 is 17.3 Å². The number of likely N-dealkylation sites (tertiary alicyclic amines) is 1. The van der Waals surface area contributed by atoms with Gasteiger partial charge < -0.3 is 5.11 Å². The van der Waals surface area contributed by atoms with Crippen molar-refractivity contribution in [3.8, 4) is 0 Å². The summed E-state index contributed by atoms with van der Waals surface area (Å²) in [5.41, 5.74) is 1.23. The molecule has 1 unspecified atom stereocenters. The van der Waals surface area contributed by atoms with Gasteiger partial charge in [-0.15, -0.1) is 11.3 Å². The van der Waals surface area contributed by atoms with Gasteiger partial charge in [-0.1, -0.05) is 0 Å². The Kier molecular flexibility index (Phi) is 4.55. The minimum Gasteiger partial charge on any atom is -0.481 e. The minimum atomic E-state index is -0.660. The molecule has 0 aromatic carbocycles. The third-order valence-corrected chi connectivity index (χ3v) is 5.35. The molecular weight excluding hydrogens is 296 g/mol. The van der Waals surface area contributed by atoms with E-state index in [0.717, 1.165) is 25.9 Å². The van der Waals surface area contributed by atoms with Crippen LogP contribution in [0, 0.1) is 12.8 Å². The lowest BCUT2D eigenvalue weighted by Gasteiger charge is -2.36. The van der Waals surface area contributed by atoms with Crippen LogP contribution in [0.4, 0.5) is 0 Å². The normalized spacial score (nSPS) is 18.2. The van der Waals surface area contributed by atoms with Crippen LogP contribution < -0.4 is 0 Å². The molecule has 0 amide bonds. The van der Waals surface area contributed by atoms with Gasteiger partial charge in [-0.25, -0.2) is 0 Å². The van der Waals surface area contributed by atoms with Crippen molar-refractivity contribution in [2.75, 3.05) is 13.1 Å². The fourth-order valence-electron chi connectivity index (χ4n) is 3.11. The van der Waals surface area contributed by atoms with Gasteiger partial charge in [0.05, 0.1) is 12.0 Å². The van der Waals surface area contributed by atoms with Crippen molar-refractivity contribution < 1.29 is 9.90 Å². The molecule has 4 nitrogen and oxygen atoms in total. The van der Waals surface area contributed by atoms with Crippen molar-refractivity contribution in [2.45, 2.75) is 25.8 Å². The van der Waals surface area contributed by atoms with Crippen LogP contribution >= 0.6 is 11.3 Å². The van der Waals surface area contributed by atoms with Crippen LogP contribution in [0.15, 0.2) is 36.7 Å². The van der Waals surface area contributed by atoms with Crippen LogP contribution in [0.5, 0.6) is 0 Å². The van der Waals surface area contributed by atoms with Crippen LogP contribution in [-0.4, -0.2) is 34.0 Å². The lowest BCUT2D eigenvalue weighted by Crippen LogP contribution is -2.39. The van der Waals surface area contributed by atoms with E-state index >= 15 is 0 Å². The van der Waals surface area contributed by atoms with Crippen molar-refractivity contribution in [1.29, 1.82) is 0 Å². The number of nitrogens with zero attached hydrogens (tertiary/aromatic N) is 2. The first-order chi connectivity index (χ1) is 10.6. The fraction of sp³-hybridized carbons (Fsp3) is 0.412. The monoisotopic (exact) mass is 316 g/mol. The molecule has 0 spiro atoms. The Labute approximate surface area is 134 Å². The number of aromatic nitrogens is 1. The van der Waals surface area contributed by atoms with Gasteiger partial charge in [0.2, 0.25) is 0 Å². The molecular formula is C17H20N2O2S. The van der Waals surface area contributed by atoms with Crippen LogP contribution in [0.25, 0.3) is 0 Å². The Morgan fingerprint density at radius 1 is 1.27 bits per heavy atom. The second-order valence-corrected chi connectivity index (χ2v) is 7.10. The zero-order chi connectivity index (χ0) is 15.5. The van der Waals surface area contributed by atoms with Crippen molar-refractivity contribution in [1.82, 2.24) is 9.88 Å². The number of aliphatic carboxylic acids is 1. The lowest BCUT2D eigenvalue weighted by molar-refractivity contribution is -0.143. The molecule has 0 aliphatic carbocycles. The first-order valence-electron chi connectivity index (χ1n) is 7.58. The average Bonchev–Trinajstić information content (AvgIpc) is 2.95. The zero-order valence-corrected chi connectivity index (χ0v) is 13.4. The van der Waals surface area contributed by atoms with Crippen LogP contribution in [-0.2, 0) is 4.79 Å². The van der Waals surface area contributed by atoms with Crippen LogP contribution in [0.1, 0.15) is 34.2 Å². The van der Waals surface area contributed by atoms with Gasteiger partial charge in [0.25, 0.3) is 0 Å². The van der Waals surface area contributed by atoms with Gasteiger partial charge in [0.1, 0.15) is 0 Å². The van der Waals surface area contributed by atoms with Gasteiger partial charge in [0.15, 0.2) is 0 Å². The Hall–Kier alpha value is -1.72. The molecule has 0 bridgehead atoms. The molecule has 0 saturated carbocycles. The maximum atomic E-state index is 11.1. The van der Waals surface area contributed by atoms with E-state index in [-0.39, 0.29) is 12.0 Å². The Bertz CT molecular complexity index is 633. The molecule has 1 aliphatic heterocycles. The quantitative estimate of drug-likeness (QED) is 0.940. The summed E-state index contributed by atoms with van der Waals surface area (Å²) in [5.74, 6) is -0.855. The van der Waals surface area contributed by atoms with Crippen molar-refractivity contribution in [3.63, 3.8) is 0 Å². The summed E-state index contributed by atoms with van der Waals surface area (Å²) in [6.07, 6.45) is 5.10. The third kappa shape index (κ3) is 3.20. The summed E-state index contributed by atoms with van der Waals surface area (Å²) in [7, 11) is 0. The number of thiophene rings is 1. The third-order valence-electron chi connectivity index (χ3n) is 4.30. The number of piperidine rings is 1. The minimum absolute atomic E-state index is 0.195. The van der Waals surface area contributed by atoms with Crippen LogP contribution in [0.2, 0.25) is 0 Å². The number of hydrogen-bond acceptors (Lipinski definition) is 4. The smallest absolute Gasteiger partial charge is 0.306 e. The predicted octanol–water partition coefficient (Wildman–Crippen LogP) is 3.34. The lowest BCUT2D eigenvalue weighted by atomic mass is 9.94. The predicted molar refractivity (Wildman–Crippen MR) is 87.1 cm³/mol. The van der Waals surface area contributed by atoms with E-state index in [1.165, 1.54) is 15.3 Å². The highest BCUT2D eigenvalue weighted by molar-refractivity contribution is 7.12. The number of carboxylic acid groups (broad SMARTS) is 1. The topological polar surface area (TPSA) is 53.4 Å². The molecule has 1 N–H and O–H groups in total. The molecule has 1 saturated heterocycles. The molecule has 2 aromatic rings. The molecule has 1 aliphatic rings. The molecule has 1 fully saturated rings. The summed E-state index contributed by atoms with van der Waals surface area (Å²) < 4.78 is 0. The summed E-state index contributed by atoms with van der Waals surface area (Å²) >= 11 is 1.81. The van der Waals surface area contributed by atoms with Gasteiger partial charge in [-0.3, -0.25) is 14.7 Å². The first kappa shape index (κ1) is 15.2. The summed E-state index contributed by atoms with van der Waals surface area (Å²) in [6, 6.07) is 8.66. The maximum absolute atomic E-state index is 11.1. The van der Waals surface area contributed by atoms with E-state index in [2.05, 4.69) is 41.1 Å². The second kappa shape index (κ2) is 6.58. The van der Waals surface area contributed by atoms with E-state index in [1.54, 1.807) is 0 Å². The van der Waals surface area contributed by atoms with E-state index in [9.17, 15) is 9.90 Å². The molecule has 0 radical (unpaired) electrons. The largest absolute Gasteiger partial charge is 0.481 e. The van der Waals surface area contributed by atoms with Crippen LogP contribution in [0.3, 0.4) is 0 Å². The Morgan fingerprint density at radius 2 is 1.95 bits per heavy atom. The highest BCUT2D eigenvalue weighted by Gasteiger charge is 2.30. The summed E-state index contributed by atoms with van der Waals surface area (Å²) in [5, 5.41) is 9.18. The summed E-state index contributed by atoms with van der Waals surface area (Å²) in [6.45, 7) is 3.76. The van der Waals surface area contributed by atoms with Gasteiger partial charge in [-0.05, 0) is 62.7 Å². The number of aryl methyl sites for hydroxylation is 1.